The quantitative estimate of drug-likeness (QED) is 0.490. The third-order valence-electron chi connectivity index (χ3n) is 6.59. The second-order valence-corrected chi connectivity index (χ2v) is 10.5. The van der Waals surface area contributed by atoms with Gasteiger partial charge >= 0.3 is 0 Å². The summed E-state index contributed by atoms with van der Waals surface area (Å²) >= 11 is 0. The van der Waals surface area contributed by atoms with Crippen molar-refractivity contribution in [2.45, 2.75) is 66.3 Å². The van der Waals surface area contributed by atoms with Crippen molar-refractivity contribution >= 4 is 23.1 Å². The predicted octanol–water partition coefficient (Wildman–Crippen LogP) is 6.66. The highest BCUT2D eigenvalue weighted by molar-refractivity contribution is 6.06. The van der Waals surface area contributed by atoms with E-state index in [1.54, 1.807) is 0 Å². The number of allylic oxidation sites excluding steroid dienone is 1. The van der Waals surface area contributed by atoms with Crippen molar-refractivity contribution in [3.8, 4) is 5.75 Å². The lowest BCUT2D eigenvalue weighted by molar-refractivity contribution is -0.122. The summed E-state index contributed by atoms with van der Waals surface area (Å²) in [5.41, 5.74) is 4.04. The van der Waals surface area contributed by atoms with E-state index in [0.717, 1.165) is 47.6 Å². The Bertz CT molecular complexity index is 1100. The molecule has 0 bridgehead atoms. The van der Waals surface area contributed by atoms with Crippen LogP contribution in [0.3, 0.4) is 0 Å². The molecule has 0 unspecified atom stereocenters. The maximum Gasteiger partial charge on any atom is 0.230 e. The van der Waals surface area contributed by atoms with Crippen LogP contribution in [0.2, 0.25) is 0 Å². The van der Waals surface area contributed by atoms with Crippen LogP contribution >= 0.6 is 0 Å². The van der Waals surface area contributed by atoms with Crippen molar-refractivity contribution in [2.75, 3.05) is 16.8 Å². The zero-order chi connectivity index (χ0) is 24.5. The largest absolute Gasteiger partial charge is 0.494 e. The van der Waals surface area contributed by atoms with Crippen molar-refractivity contribution in [3.05, 3.63) is 65.4 Å². The summed E-state index contributed by atoms with van der Waals surface area (Å²) in [5, 5.41) is 3.56. The second-order valence-electron chi connectivity index (χ2n) is 10.5. The monoisotopic (exact) mass is 460 g/mol. The van der Waals surface area contributed by atoms with Gasteiger partial charge in [0.1, 0.15) is 5.75 Å². The summed E-state index contributed by atoms with van der Waals surface area (Å²) < 4.78 is 5.87. The van der Waals surface area contributed by atoms with E-state index >= 15 is 0 Å². The minimum Gasteiger partial charge on any atom is -0.494 e. The van der Waals surface area contributed by atoms with Gasteiger partial charge in [0, 0.05) is 23.6 Å². The average molecular weight is 461 g/mol. The fourth-order valence-corrected chi connectivity index (χ4v) is 4.90. The first-order valence-corrected chi connectivity index (χ1v) is 12.4. The number of unbranched alkanes of at least 4 members (excludes halogenated alkanes) is 1. The van der Waals surface area contributed by atoms with Crippen LogP contribution in [0.4, 0.5) is 11.4 Å². The van der Waals surface area contributed by atoms with Crippen molar-refractivity contribution < 1.29 is 14.3 Å². The summed E-state index contributed by atoms with van der Waals surface area (Å²) in [4.78, 5) is 29.2. The maximum atomic E-state index is 13.7. The van der Waals surface area contributed by atoms with Crippen LogP contribution in [0, 0.1) is 11.3 Å². The molecule has 0 fully saturated rings. The smallest absolute Gasteiger partial charge is 0.230 e. The second kappa shape index (κ2) is 9.65. The van der Waals surface area contributed by atoms with Gasteiger partial charge in [-0.3, -0.25) is 14.5 Å². The van der Waals surface area contributed by atoms with Crippen LogP contribution in [0.15, 0.2) is 59.8 Å². The topological polar surface area (TPSA) is 58.6 Å². The molecule has 1 aliphatic heterocycles. The summed E-state index contributed by atoms with van der Waals surface area (Å²) in [6.45, 7) is 10.9. The normalized spacial score (nSPS) is 19.3. The Hall–Kier alpha value is -3.08. The van der Waals surface area contributed by atoms with Gasteiger partial charge in [-0.25, -0.2) is 0 Å². The van der Waals surface area contributed by atoms with Gasteiger partial charge in [0.2, 0.25) is 5.91 Å². The molecule has 1 N–H and O–H groups in total. The molecule has 0 radical (unpaired) electrons. The number of amides is 1. The summed E-state index contributed by atoms with van der Waals surface area (Å²) in [6.07, 6.45) is 3.29. The molecule has 2 aromatic rings. The van der Waals surface area contributed by atoms with E-state index in [0.29, 0.717) is 18.6 Å². The fraction of sp³-hybridized carbons (Fsp3) is 0.448. The zero-order valence-corrected chi connectivity index (χ0v) is 21.0. The summed E-state index contributed by atoms with van der Waals surface area (Å²) in [6, 6.07) is 15.3. The highest BCUT2D eigenvalue weighted by Crippen LogP contribution is 2.48. The predicted molar refractivity (Wildman–Crippen MR) is 137 cm³/mol. The van der Waals surface area contributed by atoms with Crippen LogP contribution in [-0.2, 0) is 9.59 Å². The molecule has 5 heteroatoms. The third kappa shape index (κ3) is 4.75. The van der Waals surface area contributed by atoms with Crippen LogP contribution in [0.5, 0.6) is 5.75 Å². The van der Waals surface area contributed by atoms with Gasteiger partial charge in [0.15, 0.2) is 5.78 Å². The standard InChI is InChI=1S/C29H36N2O3/c1-6-7-16-34-21-14-12-20(13-15-21)27-26-23(17-29(4,5)18-25(26)32)30-22-10-8-9-11-24(22)31(27)28(33)19(2)3/h8-15,19,27,30H,6-7,16-18H2,1-5H3/t27-/m0/s1. The molecule has 0 saturated carbocycles. The molecule has 180 valence electrons. The zero-order valence-electron chi connectivity index (χ0n) is 21.0. The first-order chi connectivity index (χ1) is 16.2. The highest BCUT2D eigenvalue weighted by atomic mass is 16.5. The number of fused-ring (bicyclic) bond motifs is 1. The summed E-state index contributed by atoms with van der Waals surface area (Å²) in [7, 11) is 0. The van der Waals surface area contributed by atoms with E-state index in [1.165, 1.54) is 0 Å². The molecule has 1 amide bonds. The minimum absolute atomic E-state index is 0.00564. The van der Waals surface area contributed by atoms with Crippen LogP contribution < -0.4 is 15.0 Å². The number of nitrogens with one attached hydrogen (secondary N) is 1. The van der Waals surface area contributed by atoms with E-state index < -0.39 is 6.04 Å². The van der Waals surface area contributed by atoms with Gasteiger partial charge in [-0.05, 0) is 48.1 Å². The van der Waals surface area contributed by atoms with Crippen molar-refractivity contribution in [2.24, 2.45) is 11.3 Å². The van der Waals surface area contributed by atoms with E-state index in [9.17, 15) is 9.59 Å². The highest BCUT2D eigenvalue weighted by Gasteiger charge is 2.43. The minimum atomic E-state index is -0.491. The number of para-hydroxylation sites is 2. The Morgan fingerprint density at radius 1 is 1.12 bits per heavy atom. The number of Topliss-reactive ketones (excluding diaryl/α,β-unsaturated/α-hetero) is 1. The molecule has 4 rings (SSSR count). The number of rotatable bonds is 6. The number of hydrogen-bond donors (Lipinski definition) is 1. The molecule has 2 aromatic carbocycles. The van der Waals surface area contributed by atoms with Gasteiger partial charge in [-0.15, -0.1) is 0 Å². The molecule has 5 nitrogen and oxygen atoms in total. The van der Waals surface area contributed by atoms with E-state index in [1.807, 2.05) is 67.3 Å². The Labute approximate surface area is 203 Å². The summed E-state index contributed by atoms with van der Waals surface area (Å²) in [5.74, 6) is 0.677. The number of carbonyl (C=O) groups excluding carboxylic acids is 2. The van der Waals surface area contributed by atoms with Gasteiger partial charge in [0.05, 0.1) is 24.0 Å². The van der Waals surface area contributed by atoms with Crippen molar-refractivity contribution in [1.29, 1.82) is 0 Å². The number of ether oxygens (including phenoxy) is 1. The Balaban J connectivity index is 1.88. The molecule has 0 spiro atoms. The van der Waals surface area contributed by atoms with Gasteiger partial charge in [-0.2, -0.15) is 0 Å². The SMILES string of the molecule is CCCCOc1ccc([C@H]2C3=C(CC(C)(C)CC3=O)Nc3ccccc3N2C(=O)C(C)C)cc1. The first-order valence-electron chi connectivity index (χ1n) is 12.4. The van der Waals surface area contributed by atoms with E-state index in [4.69, 9.17) is 4.74 Å². The molecule has 1 aliphatic carbocycles. The Kier molecular flexibility index (Phi) is 6.83. The van der Waals surface area contributed by atoms with Gasteiger partial charge in [-0.1, -0.05) is 65.3 Å². The lowest BCUT2D eigenvalue weighted by Crippen LogP contribution is -2.41. The van der Waals surface area contributed by atoms with Crippen LogP contribution in [-0.4, -0.2) is 18.3 Å². The molecule has 2 aliphatic rings. The number of benzene rings is 2. The number of hydrogen-bond acceptors (Lipinski definition) is 4. The lowest BCUT2D eigenvalue weighted by atomic mass is 9.73. The Morgan fingerprint density at radius 3 is 2.50 bits per heavy atom. The molecule has 0 saturated heterocycles. The molecular formula is C29H36N2O3. The van der Waals surface area contributed by atoms with Crippen LogP contribution in [0.1, 0.15) is 71.9 Å². The third-order valence-corrected chi connectivity index (χ3v) is 6.59. The first kappa shape index (κ1) is 24.1. The van der Waals surface area contributed by atoms with Gasteiger partial charge in [0.25, 0.3) is 0 Å². The van der Waals surface area contributed by atoms with Crippen LogP contribution in [0.25, 0.3) is 0 Å². The number of nitrogens with zero attached hydrogens (tertiary/aromatic N) is 1. The molecule has 0 aromatic heterocycles. The number of anilines is 2. The fourth-order valence-electron chi connectivity index (χ4n) is 4.90. The Morgan fingerprint density at radius 2 is 1.82 bits per heavy atom. The van der Waals surface area contributed by atoms with E-state index in [-0.39, 0.29) is 23.0 Å². The molecule has 1 heterocycles. The molecule has 1 atom stereocenters. The average Bonchev–Trinajstić information content (AvgIpc) is 2.92. The van der Waals surface area contributed by atoms with Gasteiger partial charge < -0.3 is 10.1 Å². The lowest BCUT2D eigenvalue weighted by Gasteiger charge is -2.37. The molecule has 34 heavy (non-hydrogen) atoms. The van der Waals surface area contributed by atoms with E-state index in [2.05, 4.69) is 26.1 Å². The maximum absolute atomic E-state index is 13.7. The number of ketones is 1. The molecular weight excluding hydrogens is 424 g/mol. The van der Waals surface area contributed by atoms with Crippen molar-refractivity contribution in [3.63, 3.8) is 0 Å². The van der Waals surface area contributed by atoms with Crippen molar-refractivity contribution in [1.82, 2.24) is 0 Å². The number of carbonyl (C=O) groups is 2.